The zero-order valence-corrected chi connectivity index (χ0v) is 26.2. The molecule has 3 fully saturated rings. The van der Waals surface area contributed by atoms with Gasteiger partial charge in [0.15, 0.2) is 5.78 Å². The molecular weight excluding hydrogens is 577 g/mol. The number of nitrogens with zero attached hydrogens (tertiary/aromatic N) is 2. The van der Waals surface area contributed by atoms with Crippen molar-refractivity contribution >= 4 is 17.5 Å². The van der Waals surface area contributed by atoms with Crippen LogP contribution >= 0.6 is 0 Å². The van der Waals surface area contributed by atoms with E-state index in [0.29, 0.717) is 11.3 Å². The van der Waals surface area contributed by atoms with Crippen molar-refractivity contribution in [2.24, 2.45) is 5.92 Å². The van der Waals surface area contributed by atoms with Gasteiger partial charge in [-0.25, -0.2) is 9.78 Å². The van der Waals surface area contributed by atoms with Crippen LogP contribution in [0.1, 0.15) is 78.7 Å². The molecule has 0 radical (unpaired) electrons. The minimum atomic E-state index is -4.32. The first-order chi connectivity index (χ1) is 21.5. The number of amides is 2. The molecule has 1 aliphatic heterocycles. The number of Topliss-reactive ketones (excluding diaryl/α,β-unsaturated/α-hetero) is 1. The lowest BCUT2D eigenvalue weighted by molar-refractivity contribution is -0.137. The quantitative estimate of drug-likeness (QED) is 0.213. The molecule has 240 valence electrons. The molecule has 2 heterocycles. The molecule has 6 rings (SSSR count). The first kappa shape index (κ1) is 33.7. The molecule has 1 saturated heterocycles. The van der Waals surface area contributed by atoms with Gasteiger partial charge in [-0.05, 0) is 93.3 Å². The number of pyridine rings is 1. The lowest BCUT2D eigenvalue weighted by Crippen LogP contribution is -2.37. The third kappa shape index (κ3) is 9.67. The molecule has 0 bridgehead atoms. The summed E-state index contributed by atoms with van der Waals surface area (Å²) in [6, 6.07) is 16.8. The molecular formula is C36H43F3N4O2. The smallest absolute Gasteiger partial charge is 0.388 e. The summed E-state index contributed by atoms with van der Waals surface area (Å²) in [6.07, 6.45) is 4.88. The van der Waals surface area contributed by atoms with E-state index in [4.69, 9.17) is 0 Å². The summed E-state index contributed by atoms with van der Waals surface area (Å²) in [6.45, 7) is 7.47. The Balaban J connectivity index is 0.000000178. The largest absolute Gasteiger partial charge is 0.416 e. The summed E-state index contributed by atoms with van der Waals surface area (Å²) in [5.41, 5.74) is 6.24. The van der Waals surface area contributed by atoms with Gasteiger partial charge >= 0.3 is 12.2 Å². The van der Waals surface area contributed by atoms with Gasteiger partial charge in [0, 0.05) is 49.5 Å². The molecule has 3 aromatic rings. The van der Waals surface area contributed by atoms with Crippen LogP contribution in [0.4, 0.5) is 23.7 Å². The maximum absolute atomic E-state index is 12.4. The third-order valence-electron chi connectivity index (χ3n) is 8.48. The zero-order valence-electron chi connectivity index (χ0n) is 26.2. The number of anilines is 1. The van der Waals surface area contributed by atoms with Gasteiger partial charge in [-0.2, -0.15) is 13.2 Å². The monoisotopic (exact) mass is 620 g/mol. The van der Waals surface area contributed by atoms with Crippen LogP contribution < -0.4 is 10.6 Å². The summed E-state index contributed by atoms with van der Waals surface area (Å²) >= 11 is 0. The number of urea groups is 1. The first-order valence-electron chi connectivity index (χ1n) is 15.7. The number of aryl methyl sites for hydroxylation is 1. The SMILES string of the molecule is C=C1CCC1.CNc1ccc(-c2ccc(C(=O)C3CCC3)nc2C)cc1.O=C(NCc1ccc(C(F)(F)F)cc1)N1CCCC1. The number of ketones is 1. The van der Waals surface area contributed by atoms with Crippen LogP contribution in [0.5, 0.6) is 0 Å². The summed E-state index contributed by atoms with van der Waals surface area (Å²) in [7, 11) is 1.91. The number of carbonyl (C=O) groups excluding carboxylic acids is 2. The Kier molecular flexibility index (Phi) is 11.8. The van der Waals surface area contributed by atoms with E-state index >= 15 is 0 Å². The lowest BCUT2D eigenvalue weighted by Gasteiger charge is -2.23. The van der Waals surface area contributed by atoms with Crippen molar-refractivity contribution in [3.63, 3.8) is 0 Å². The molecule has 45 heavy (non-hydrogen) atoms. The van der Waals surface area contributed by atoms with Crippen molar-refractivity contribution in [2.75, 3.05) is 25.5 Å². The second-order valence-corrected chi connectivity index (χ2v) is 11.8. The van der Waals surface area contributed by atoms with Gasteiger partial charge in [-0.15, -0.1) is 0 Å². The number of nitrogens with one attached hydrogen (secondary N) is 2. The van der Waals surface area contributed by atoms with E-state index in [0.717, 1.165) is 73.4 Å². The Morgan fingerprint density at radius 1 is 0.911 bits per heavy atom. The van der Waals surface area contributed by atoms with Crippen LogP contribution in [-0.2, 0) is 12.7 Å². The highest BCUT2D eigenvalue weighted by Gasteiger charge is 2.30. The topological polar surface area (TPSA) is 74.3 Å². The number of benzene rings is 2. The molecule has 0 atom stereocenters. The molecule has 2 aliphatic carbocycles. The summed E-state index contributed by atoms with van der Waals surface area (Å²) in [4.78, 5) is 30.2. The van der Waals surface area contributed by atoms with Crippen molar-refractivity contribution in [3.05, 3.63) is 95.3 Å². The number of aromatic nitrogens is 1. The highest BCUT2D eigenvalue weighted by Crippen LogP contribution is 2.31. The second-order valence-electron chi connectivity index (χ2n) is 11.8. The predicted molar refractivity (Wildman–Crippen MR) is 173 cm³/mol. The second kappa shape index (κ2) is 15.7. The van der Waals surface area contributed by atoms with Crippen LogP contribution in [-0.4, -0.2) is 41.8 Å². The van der Waals surface area contributed by atoms with Gasteiger partial charge < -0.3 is 15.5 Å². The molecule has 9 heteroatoms. The fourth-order valence-electron chi connectivity index (χ4n) is 5.15. The molecule has 2 saturated carbocycles. The Hall–Kier alpha value is -4.14. The number of halogens is 3. The number of likely N-dealkylation sites (tertiary alicyclic amines) is 1. The fraction of sp³-hybridized carbons (Fsp3) is 0.417. The van der Waals surface area contributed by atoms with Gasteiger partial charge in [0.25, 0.3) is 0 Å². The highest BCUT2D eigenvalue weighted by molar-refractivity contribution is 5.97. The van der Waals surface area contributed by atoms with Gasteiger partial charge in [-0.3, -0.25) is 4.79 Å². The van der Waals surface area contributed by atoms with Gasteiger partial charge in [0.2, 0.25) is 0 Å². The standard InChI is InChI=1S/C18H20N2O.C13H15F3N2O.C5H8/c1-12-16(13-6-8-15(19-2)9-7-13)10-11-17(20-12)18(21)14-4-3-5-14;14-13(15,16)11-5-3-10(4-6-11)9-17-12(19)18-7-1-2-8-18;1-5-3-2-4-5/h6-11,14,19H,3-5H2,1-2H3;3-6H,1-2,7-9H2,(H,17,19);1-4H2. The van der Waals surface area contributed by atoms with Crippen molar-refractivity contribution < 1.29 is 22.8 Å². The zero-order chi connectivity index (χ0) is 32.4. The van der Waals surface area contributed by atoms with Crippen LogP contribution in [0, 0.1) is 12.8 Å². The van der Waals surface area contributed by atoms with Crippen LogP contribution in [0.2, 0.25) is 0 Å². The van der Waals surface area contributed by atoms with Gasteiger partial charge in [0.1, 0.15) is 5.69 Å². The summed E-state index contributed by atoms with van der Waals surface area (Å²) < 4.78 is 37.1. The van der Waals surface area contributed by atoms with Gasteiger partial charge in [-0.1, -0.05) is 48.9 Å². The maximum atomic E-state index is 12.4. The molecule has 0 unspecified atom stereocenters. The van der Waals surface area contributed by atoms with E-state index in [1.807, 2.05) is 38.2 Å². The van der Waals surface area contributed by atoms with E-state index in [-0.39, 0.29) is 24.3 Å². The van der Waals surface area contributed by atoms with Crippen molar-refractivity contribution in [3.8, 4) is 11.1 Å². The molecule has 0 spiro atoms. The predicted octanol–water partition coefficient (Wildman–Crippen LogP) is 8.82. The number of allylic oxidation sites excluding steroid dienone is 1. The van der Waals surface area contributed by atoms with E-state index in [1.165, 1.54) is 43.4 Å². The molecule has 3 aliphatic rings. The van der Waals surface area contributed by atoms with E-state index in [9.17, 15) is 22.8 Å². The Morgan fingerprint density at radius 2 is 1.53 bits per heavy atom. The Morgan fingerprint density at radius 3 is 2.00 bits per heavy atom. The Labute approximate surface area is 264 Å². The van der Waals surface area contributed by atoms with E-state index in [1.54, 1.807) is 4.90 Å². The molecule has 2 amide bonds. The molecule has 1 aromatic heterocycles. The fourth-order valence-corrected chi connectivity index (χ4v) is 5.15. The maximum Gasteiger partial charge on any atom is 0.416 e. The molecule has 2 N–H and O–H groups in total. The normalized spacial score (nSPS) is 15.8. The molecule has 6 nitrogen and oxygen atoms in total. The van der Waals surface area contributed by atoms with E-state index in [2.05, 4.69) is 34.3 Å². The number of carbonyl (C=O) groups is 2. The Bertz CT molecular complexity index is 1440. The highest BCUT2D eigenvalue weighted by atomic mass is 19.4. The van der Waals surface area contributed by atoms with Crippen molar-refractivity contribution in [1.29, 1.82) is 0 Å². The molecule has 2 aromatic carbocycles. The average molecular weight is 621 g/mol. The van der Waals surface area contributed by atoms with Crippen LogP contribution in [0.3, 0.4) is 0 Å². The number of hydrogen-bond acceptors (Lipinski definition) is 4. The summed E-state index contributed by atoms with van der Waals surface area (Å²) in [5, 5.41) is 5.81. The van der Waals surface area contributed by atoms with Gasteiger partial charge in [0.05, 0.1) is 5.56 Å². The number of rotatable bonds is 6. The average Bonchev–Trinajstić information content (AvgIpc) is 3.54. The number of alkyl halides is 3. The third-order valence-corrected chi connectivity index (χ3v) is 8.48. The van der Waals surface area contributed by atoms with Crippen LogP contribution in [0.15, 0.2) is 72.8 Å². The van der Waals surface area contributed by atoms with Crippen molar-refractivity contribution in [2.45, 2.75) is 71.0 Å². The number of hydrogen-bond donors (Lipinski definition) is 2. The minimum Gasteiger partial charge on any atom is -0.388 e. The van der Waals surface area contributed by atoms with Crippen molar-refractivity contribution in [1.82, 2.24) is 15.2 Å². The first-order valence-corrected chi connectivity index (χ1v) is 15.7. The van der Waals surface area contributed by atoms with Crippen LogP contribution in [0.25, 0.3) is 11.1 Å². The summed E-state index contributed by atoms with van der Waals surface area (Å²) in [5.74, 6) is 0.416. The van der Waals surface area contributed by atoms with E-state index < -0.39 is 11.7 Å². The lowest BCUT2D eigenvalue weighted by atomic mass is 9.81. The minimum absolute atomic E-state index is 0.155.